The molecule has 2 atom stereocenters. The van der Waals surface area contributed by atoms with Gasteiger partial charge in [-0.2, -0.15) is 0 Å². The summed E-state index contributed by atoms with van der Waals surface area (Å²) in [7, 11) is 0. The molecule has 96 valence electrons. The van der Waals surface area contributed by atoms with Crippen molar-refractivity contribution in [3.8, 4) is 0 Å². The van der Waals surface area contributed by atoms with Crippen molar-refractivity contribution in [2.75, 3.05) is 13.2 Å². The second-order valence-corrected chi connectivity index (χ2v) is 7.52. The summed E-state index contributed by atoms with van der Waals surface area (Å²) in [6.45, 7) is 3.96. The van der Waals surface area contributed by atoms with Gasteiger partial charge in [0.2, 0.25) is 0 Å². The normalized spacial score (nSPS) is 24.7. The lowest BCUT2D eigenvalue weighted by atomic mass is 9.98. The Morgan fingerprint density at radius 1 is 1.47 bits per heavy atom. The molecule has 0 fully saturated rings. The van der Waals surface area contributed by atoms with Gasteiger partial charge in [0, 0.05) is 11.3 Å². The van der Waals surface area contributed by atoms with Crippen LogP contribution in [-0.4, -0.2) is 34.2 Å². The third-order valence-electron chi connectivity index (χ3n) is 3.13. The first kappa shape index (κ1) is 13.4. The Morgan fingerprint density at radius 2 is 2.18 bits per heavy atom. The highest BCUT2D eigenvalue weighted by Crippen LogP contribution is 2.44. The average molecular weight is 273 g/mol. The Kier molecular flexibility index (Phi) is 4.15. The van der Waals surface area contributed by atoms with Crippen LogP contribution in [0.4, 0.5) is 0 Å². The van der Waals surface area contributed by atoms with Crippen molar-refractivity contribution in [1.82, 2.24) is 5.32 Å². The number of thioether (sulfide) groups is 1. The van der Waals surface area contributed by atoms with Gasteiger partial charge in [-0.05, 0) is 30.4 Å². The third-order valence-corrected chi connectivity index (χ3v) is 5.47. The first-order valence-electron chi connectivity index (χ1n) is 5.81. The highest BCUT2D eigenvalue weighted by molar-refractivity contribution is 8.01. The monoisotopic (exact) mass is 273 g/mol. The van der Waals surface area contributed by atoms with Gasteiger partial charge in [-0.1, -0.05) is 6.92 Å². The number of aliphatic hydroxyl groups is 2. The lowest BCUT2D eigenvalue weighted by Gasteiger charge is -2.35. The first-order valence-corrected chi connectivity index (χ1v) is 7.57. The van der Waals surface area contributed by atoms with E-state index in [4.69, 9.17) is 0 Å². The van der Waals surface area contributed by atoms with E-state index in [-0.39, 0.29) is 19.3 Å². The van der Waals surface area contributed by atoms with Gasteiger partial charge in [0.05, 0.1) is 23.0 Å². The highest BCUT2D eigenvalue weighted by atomic mass is 32.2. The fourth-order valence-electron chi connectivity index (χ4n) is 2.05. The van der Waals surface area contributed by atoms with Crippen LogP contribution in [0.3, 0.4) is 0 Å². The quantitative estimate of drug-likeness (QED) is 0.785. The molecule has 17 heavy (non-hydrogen) atoms. The molecule has 2 heterocycles. The maximum absolute atomic E-state index is 9.36. The van der Waals surface area contributed by atoms with Crippen LogP contribution in [0.5, 0.6) is 0 Å². The molecule has 0 bridgehead atoms. The number of thiophene rings is 1. The molecule has 2 rings (SSSR count). The standard InChI is InChI=1S/C12H19NO2S2/c1-8-5-10(13-12(2,6-14)7-15)9-3-4-16-11(9)17-8/h3-4,8,10,13-15H,5-7H2,1-2H3/t8-,10?/m0/s1. The number of nitrogens with one attached hydrogen (secondary N) is 1. The molecule has 1 unspecified atom stereocenters. The van der Waals surface area contributed by atoms with Crippen LogP contribution in [0, 0.1) is 0 Å². The minimum absolute atomic E-state index is 0.0546. The summed E-state index contributed by atoms with van der Waals surface area (Å²) < 4.78 is 1.36. The smallest absolute Gasteiger partial charge is 0.0649 e. The van der Waals surface area contributed by atoms with E-state index in [0.29, 0.717) is 5.25 Å². The van der Waals surface area contributed by atoms with E-state index < -0.39 is 5.54 Å². The molecule has 0 saturated heterocycles. The molecule has 0 radical (unpaired) electrons. The molecule has 0 aliphatic carbocycles. The van der Waals surface area contributed by atoms with Gasteiger partial charge in [0.25, 0.3) is 0 Å². The summed E-state index contributed by atoms with van der Waals surface area (Å²) in [5.74, 6) is 0. The number of rotatable bonds is 4. The molecule has 3 N–H and O–H groups in total. The summed E-state index contributed by atoms with van der Waals surface area (Å²) in [5, 5.41) is 24.8. The summed E-state index contributed by atoms with van der Waals surface area (Å²) in [6.07, 6.45) is 1.03. The van der Waals surface area contributed by atoms with Crippen LogP contribution in [0.2, 0.25) is 0 Å². The van der Waals surface area contributed by atoms with E-state index in [1.165, 1.54) is 9.77 Å². The number of hydrogen-bond acceptors (Lipinski definition) is 5. The van der Waals surface area contributed by atoms with Crippen LogP contribution >= 0.6 is 23.1 Å². The zero-order valence-electron chi connectivity index (χ0n) is 10.1. The van der Waals surface area contributed by atoms with Gasteiger partial charge in [-0.25, -0.2) is 0 Å². The van der Waals surface area contributed by atoms with Crippen molar-refractivity contribution in [3.05, 3.63) is 17.0 Å². The summed E-state index contributed by atoms with van der Waals surface area (Å²) in [4.78, 5) is 0. The van der Waals surface area contributed by atoms with Crippen molar-refractivity contribution in [3.63, 3.8) is 0 Å². The largest absolute Gasteiger partial charge is 0.394 e. The zero-order valence-corrected chi connectivity index (χ0v) is 11.8. The zero-order chi connectivity index (χ0) is 12.5. The third kappa shape index (κ3) is 2.85. The fraction of sp³-hybridized carbons (Fsp3) is 0.667. The molecular weight excluding hydrogens is 254 g/mol. The molecule has 0 aromatic carbocycles. The maximum Gasteiger partial charge on any atom is 0.0649 e. The molecule has 0 amide bonds. The first-order chi connectivity index (χ1) is 8.08. The van der Waals surface area contributed by atoms with Crippen LogP contribution in [0.1, 0.15) is 31.9 Å². The molecule has 1 aromatic rings. The molecule has 0 spiro atoms. The lowest BCUT2D eigenvalue weighted by Crippen LogP contribution is -2.51. The van der Waals surface area contributed by atoms with E-state index >= 15 is 0 Å². The van der Waals surface area contributed by atoms with Crippen molar-refractivity contribution in [1.29, 1.82) is 0 Å². The lowest BCUT2D eigenvalue weighted by molar-refractivity contribution is 0.0922. The minimum atomic E-state index is -0.606. The summed E-state index contributed by atoms with van der Waals surface area (Å²) in [6, 6.07) is 2.38. The second kappa shape index (κ2) is 5.28. The summed E-state index contributed by atoms with van der Waals surface area (Å²) in [5.41, 5.74) is 0.706. The Labute approximate surface area is 110 Å². The van der Waals surface area contributed by atoms with Crippen molar-refractivity contribution < 1.29 is 10.2 Å². The van der Waals surface area contributed by atoms with Crippen molar-refractivity contribution >= 4 is 23.1 Å². The van der Waals surface area contributed by atoms with Gasteiger partial charge in [0.1, 0.15) is 0 Å². The Hall–Kier alpha value is -0.0700. The minimum Gasteiger partial charge on any atom is -0.394 e. The van der Waals surface area contributed by atoms with Crippen LogP contribution in [-0.2, 0) is 0 Å². The number of aliphatic hydroxyl groups excluding tert-OH is 2. The SMILES string of the molecule is C[C@H]1CC(NC(C)(CO)CO)c2ccsc2S1. The molecular formula is C12H19NO2S2. The maximum atomic E-state index is 9.36. The van der Waals surface area contributed by atoms with E-state index in [0.717, 1.165) is 6.42 Å². The van der Waals surface area contributed by atoms with Crippen LogP contribution in [0.15, 0.2) is 15.7 Å². The summed E-state index contributed by atoms with van der Waals surface area (Å²) >= 11 is 3.69. The highest BCUT2D eigenvalue weighted by Gasteiger charge is 2.32. The molecule has 3 nitrogen and oxygen atoms in total. The Bertz CT molecular complexity index is 376. The topological polar surface area (TPSA) is 52.5 Å². The predicted molar refractivity (Wildman–Crippen MR) is 72.7 cm³/mol. The average Bonchev–Trinajstić information content (AvgIpc) is 2.77. The van der Waals surface area contributed by atoms with E-state index in [9.17, 15) is 10.2 Å². The van der Waals surface area contributed by atoms with Crippen molar-refractivity contribution in [2.45, 2.75) is 41.3 Å². The molecule has 5 heteroatoms. The van der Waals surface area contributed by atoms with Gasteiger partial charge in [-0.15, -0.1) is 23.1 Å². The van der Waals surface area contributed by atoms with E-state index in [1.807, 2.05) is 18.7 Å². The fourth-order valence-corrected chi connectivity index (χ4v) is 4.61. The molecule has 1 aliphatic rings. The van der Waals surface area contributed by atoms with Gasteiger partial charge >= 0.3 is 0 Å². The van der Waals surface area contributed by atoms with E-state index in [2.05, 4.69) is 23.7 Å². The number of hydrogen-bond donors (Lipinski definition) is 3. The number of fused-ring (bicyclic) bond motifs is 1. The second-order valence-electron chi connectivity index (χ2n) is 4.90. The van der Waals surface area contributed by atoms with Gasteiger partial charge < -0.3 is 15.5 Å². The predicted octanol–water partition coefficient (Wildman–Crippen LogP) is 2.01. The molecule has 1 aromatic heterocycles. The van der Waals surface area contributed by atoms with Crippen LogP contribution < -0.4 is 5.32 Å². The molecule has 0 saturated carbocycles. The molecule has 1 aliphatic heterocycles. The van der Waals surface area contributed by atoms with Gasteiger partial charge in [0.15, 0.2) is 0 Å². The Balaban J connectivity index is 2.17. The van der Waals surface area contributed by atoms with Gasteiger partial charge in [-0.3, -0.25) is 0 Å². The van der Waals surface area contributed by atoms with Crippen molar-refractivity contribution in [2.24, 2.45) is 0 Å². The van der Waals surface area contributed by atoms with E-state index in [1.54, 1.807) is 11.3 Å². The van der Waals surface area contributed by atoms with Crippen LogP contribution in [0.25, 0.3) is 0 Å². The Morgan fingerprint density at radius 3 is 2.82 bits per heavy atom.